The van der Waals surface area contributed by atoms with Gasteiger partial charge in [-0.3, -0.25) is 9.59 Å². The molecule has 0 atom stereocenters. The summed E-state index contributed by atoms with van der Waals surface area (Å²) in [5.74, 6) is -1.09. The Morgan fingerprint density at radius 2 is 1.77 bits per heavy atom. The summed E-state index contributed by atoms with van der Waals surface area (Å²) in [7, 11) is -3.70. The van der Waals surface area contributed by atoms with Crippen LogP contribution in [-0.4, -0.2) is 50.0 Å². The minimum absolute atomic E-state index is 0.0159. The van der Waals surface area contributed by atoms with Crippen LogP contribution in [-0.2, 0) is 24.3 Å². The van der Waals surface area contributed by atoms with Crippen LogP contribution in [0.25, 0.3) is 0 Å². The molecular weight excluding hydrogens is 448 g/mol. The third-order valence-corrected chi connectivity index (χ3v) is 7.38. The molecule has 0 fully saturated rings. The molecule has 1 N–H and O–H groups in total. The molecule has 0 radical (unpaired) electrons. The highest BCUT2D eigenvalue weighted by molar-refractivity contribution is 8.00. The lowest BCUT2D eigenvalue weighted by atomic mass is 10.3. The number of halogens is 1. The fourth-order valence-electron chi connectivity index (χ4n) is 2.51. The fraction of sp³-hybridized carbons (Fsp3) is 0.300. The zero-order valence-corrected chi connectivity index (χ0v) is 19.0. The molecule has 0 aliphatic carbocycles. The zero-order chi connectivity index (χ0) is 22.1. The Bertz CT molecular complexity index is 980. The average molecular weight is 471 g/mol. The van der Waals surface area contributed by atoms with Crippen LogP contribution in [0.4, 0.5) is 5.69 Å². The smallest absolute Gasteiger partial charge is 0.316 e. The van der Waals surface area contributed by atoms with Crippen LogP contribution in [0.15, 0.2) is 58.3 Å². The number of hydrogen-bond donors (Lipinski definition) is 1. The second-order valence-corrected chi connectivity index (χ2v) is 9.44. The number of hydrogen-bond acceptors (Lipinski definition) is 6. The molecule has 2 aromatic carbocycles. The van der Waals surface area contributed by atoms with Crippen molar-refractivity contribution in [2.24, 2.45) is 0 Å². The molecule has 7 nitrogen and oxygen atoms in total. The van der Waals surface area contributed by atoms with Gasteiger partial charge in [0.15, 0.2) is 6.61 Å². The maximum Gasteiger partial charge on any atom is 0.316 e. The highest BCUT2D eigenvalue weighted by Gasteiger charge is 2.23. The van der Waals surface area contributed by atoms with E-state index in [0.717, 1.165) is 4.90 Å². The Morgan fingerprint density at radius 1 is 1.10 bits per heavy atom. The van der Waals surface area contributed by atoms with E-state index in [-0.39, 0.29) is 21.4 Å². The van der Waals surface area contributed by atoms with Gasteiger partial charge in [0.25, 0.3) is 5.91 Å². The third-order valence-electron chi connectivity index (χ3n) is 4.02. The van der Waals surface area contributed by atoms with Crippen molar-refractivity contribution in [3.63, 3.8) is 0 Å². The summed E-state index contributed by atoms with van der Waals surface area (Å²) in [6.45, 7) is 3.62. The SMILES string of the molecule is CCN(CC)S(=O)(=O)c1ccc(Cl)c(NC(=O)COC(=O)CSc2ccccc2)c1. The van der Waals surface area contributed by atoms with Gasteiger partial charge in [-0.05, 0) is 30.3 Å². The Hall–Kier alpha value is -2.07. The number of rotatable bonds is 10. The first-order chi connectivity index (χ1) is 14.3. The van der Waals surface area contributed by atoms with Crippen molar-refractivity contribution in [1.82, 2.24) is 4.31 Å². The van der Waals surface area contributed by atoms with Gasteiger partial charge in [0, 0.05) is 18.0 Å². The lowest BCUT2D eigenvalue weighted by molar-refractivity contribution is -0.144. The van der Waals surface area contributed by atoms with E-state index >= 15 is 0 Å². The van der Waals surface area contributed by atoms with Crippen molar-refractivity contribution >= 4 is 50.9 Å². The molecule has 2 rings (SSSR count). The number of sulfonamides is 1. The molecule has 0 aliphatic heterocycles. The summed E-state index contributed by atoms with van der Waals surface area (Å²) >= 11 is 7.38. The summed E-state index contributed by atoms with van der Waals surface area (Å²) < 4.78 is 31.6. The van der Waals surface area contributed by atoms with Crippen LogP contribution in [0, 0.1) is 0 Å². The molecule has 0 saturated carbocycles. The zero-order valence-electron chi connectivity index (χ0n) is 16.6. The van der Waals surface area contributed by atoms with Crippen molar-refractivity contribution < 1.29 is 22.7 Å². The molecule has 0 aliphatic rings. The summed E-state index contributed by atoms with van der Waals surface area (Å²) in [4.78, 5) is 24.9. The quantitative estimate of drug-likeness (QED) is 0.421. The molecule has 0 spiro atoms. The third kappa shape index (κ3) is 6.73. The van der Waals surface area contributed by atoms with Gasteiger partial charge < -0.3 is 10.1 Å². The summed E-state index contributed by atoms with van der Waals surface area (Å²) in [6, 6.07) is 13.4. The van der Waals surface area contributed by atoms with E-state index in [0.29, 0.717) is 13.1 Å². The number of anilines is 1. The van der Waals surface area contributed by atoms with Gasteiger partial charge in [-0.2, -0.15) is 4.31 Å². The number of nitrogens with zero attached hydrogens (tertiary/aromatic N) is 1. The van der Waals surface area contributed by atoms with Gasteiger partial charge in [0.05, 0.1) is 21.4 Å². The topological polar surface area (TPSA) is 92.8 Å². The van der Waals surface area contributed by atoms with Gasteiger partial charge >= 0.3 is 5.97 Å². The van der Waals surface area contributed by atoms with Crippen molar-refractivity contribution in [2.45, 2.75) is 23.6 Å². The molecule has 30 heavy (non-hydrogen) atoms. The van der Waals surface area contributed by atoms with Gasteiger partial charge in [0.1, 0.15) is 0 Å². The molecule has 10 heteroatoms. The number of benzene rings is 2. The van der Waals surface area contributed by atoms with Crippen LogP contribution in [0.2, 0.25) is 5.02 Å². The van der Waals surface area contributed by atoms with Crippen LogP contribution < -0.4 is 5.32 Å². The van der Waals surface area contributed by atoms with Gasteiger partial charge in [0.2, 0.25) is 10.0 Å². The highest BCUT2D eigenvalue weighted by Crippen LogP contribution is 2.27. The first-order valence-corrected chi connectivity index (χ1v) is 12.0. The number of amides is 1. The predicted octanol–water partition coefficient (Wildman–Crippen LogP) is 3.64. The van der Waals surface area contributed by atoms with Crippen molar-refractivity contribution in [3.05, 3.63) is 53.6 Å². The van der Waals surface area contributed by atoms with Gasteiger partial charge in [-0.25, -0.2) is 8.42 Å². The maximum atomic E-state index is 12.6. The monoisotopic (exact) mass is 470 g/mol. The Balaban J connectivity index is 1.95. The molecule has 0 unspecified atom stereocenters. The number of ether oxygens (including phenoxy) is 1. The molecular formula is C20H23ClN2O5S2. The Labute approximate surface area is 185 Å². The van der Waals surface area contributed by atoms with Crippen molar-refractivity contribution in [3.8, 4) is 0 Å². The minimum Gasteiger partial charge on any atom is -0.455 e. The first kappa shape index (κ1) is 24.2. The average Bonchev–Trinajstić information content (AvgIpc) is 2.73. The largest absolute Gasteiger partial charge is 0.455 e. The molecule has 2 aromatic rings. The molecule has 0 bridgehead atoms. The van der Waals surface area contributed by atoms with Crippen LogP contribution in [0.5, 0.6) is 0 Å². The predicted molar refractivity (Wildman–Crippen MR) is 118 cm³/mol. The van der Waals surface area contributed by atoms with E-state index < -0.39 is 28.5 Å². The second-order valence-electron chi connectivity index (χ2n) is 6.04. The van der Waals surface area contributed by atoms with E-state index in [1.54, 1.807) is 13.8 Å². The number of carbonyl (C=O) groups is 2. The number of carbonyl (C=O) groups excluding carboxylic acids is 2. The Kier molecular flexibility index (Phi) is 9.16. The summed E-state index contributed by atoms with van der Waals surface area (Å²) in [5, 5.41) is 2.66. The number of esters is 1. The highest BCUT2D eigenvalue weighted by atomic mass is 35.5. The Morgan fingerprint density at radius 3 is 2.40 bits per heavy atom. The van der Waals surface area contributed by atoms with Crippen LogP contribution >= 0.6 is 23.4 Å². The normalized spacial score (nSPS) is 11.3. The summed E-state index contributed by atoms with van der Waals surface area (Å²) in [5.41, 5.74) is 0.129. The van der Waals surface area contributed by atoms with E-state index in [9.17, 15) is 18.0 Å². The lowest BCUT2D eigenvalue weighted by Crippen LogP contribution is -2.30. The van der Waals surface area contributed by atoms with E-state index in [2.05, 4.69) is 5.32 Å². The number of nitrogens with one attached hydrogen (secondary N) is 1. The second kappa shape index (κ2) is 11.4. The van der Waals surface area contributed by atoms with Crippen LogP contribution in [0.1, 0.15) is 13.8 Å². The fourth-order valence-corrected chi connectivity index (χ4v) is 4.87. The standard InChI is InChI=1S/C20H23ClN2O5S2/c1-3-23(4-2)30(26,27)16-10-11-17(21)18(12-16)22-19(24)13-28-20(25)14-29-15-8-6-5-7-9-15/h5-12H,3-4,13-14H2,1-2H3,(H,22,24). The molecule has 1 amide bonds. The van der Waals surface area contributed by atoms with Crippen molar-refractivity contribution in [1.29, 1.82) is 0 Å². The first-order valence-electron chi connectivity index (χ1n) is 9.21. The van der Waals surface area contributed by atoms with E-state index in [1.165, 1.54) is 34.3 Å². The summed E-state index contributed by atoms with van der Waals surface area (Å²) in [6.07, 6.45) is 0. The van der Waals surface area contributed by atoms with Crippen LogP contribution in [0.3, 0.4) is 0 Å². The number of thioether (sulfide) groups is 1. The van der Waals surface area contributed by atoms with E-state index in [4.69, 9.17) is 16.3 Å². The van der Waals surface area contributed by atoms with E-state index in [1.807, 2.05) is 30.3 Å². The van der Waals surface area contributed by atoms with Crippen molar-refractivity contribution in [2.75, 3.05) is 30.8 Å². The molecule has 0 heterocycles. The minimum atomic E-state index is -3.70. The molecule has 0 saturated heterocycles. The molecule has 0 aromatic heterocycles. The lowest BCUT2D eigenvalue weighted by Gasteiger charge is -2.19. The maximum absolute atomic E-state index is 12.6. The molecule has 162 valence electrons. The van der Waals surface area contributed by atoms with Gasteiger partial charge in [-0.15, -0.1) is 11.8 Å². The van der Waals surface area contributed by atoms with Gasteiger partial charge in [-0.1, -0.05) is 43.6 Å².